The molecule has 0 aliphatic rings. The third kappa shape index (κ3) is 5.86. The first-order valence-electron chi connectivity index (χ1n) is 9.71. The lowest BCUT2D eigenvalue weighted by molar-refractivity contribution is -0.112. The molecule has 0 fully saturated rings. The van der Waals surface area contributed by atoms with E-state index in [9.17, 15) is 10.1 Å². The SMILES string of the molecule is CCCCOc1cc(/C=C(\C#N)C(=O)Nc2c(C)cc(C)cc2C)ccc1OC. The molecule has 0 heterocycles. The number of aryl methyl sites for hydroxylation is 3. The van der Waals surface area contributed by atoms with Crippen molar-refractivity contribution in [1.82, 2.24) is 0 Å². The highest BCUT2D eigenvalue weighted by atomic mass is 16.5. The fourth-order valence-electron chi connectivity index (χ4n) is 3.10. The van der Waals surface area contributed by atoms with Gasteiger partial charge in [-0.2, -0.15) is 5.26 Å². The highest BCUT2D eigenvalue weighted by Gasteiger charge is 2.14. The highest BCUT2D eigenvalue weighted by molar-refractivity contribution is 6.10. The minimum absolute atomic E-state index is 0.0223. The summed E-state index contributed by atoms with van der Waals surface area (Å²) >= 11 is 0. The molecule has 1 N–H and O–H groups in total. The molecule has 2 aromatic carbocycles. The Balaban J connectivity index is 2.28. The first kappa shape index (κ1) is 22.0. The van der Waals surface area contributed by atoms with E-state index in [1.807, 2.05) is 39.0 Å². The maximum Gasteiger partial charge on any atom is 0.266 e. The Bertz CT molecular complexity index is 932. The summed E-state index contributed by atoms with van der Waals surface area (Å²) in [6.45, 7) is 8.56. The van der Waals surface area contributed by atoms with E-state index in [1.54, 1.807) is 31.4 Å². The maximum atomic E-state index is 12.7. The molecule has 0 radical (unpaired) electrons. The van der Waals surface area contributed by atoms with Crippen LogP contribution in [0.1, 0.15) is 42.0 Å². The van der Waals surface area contributed by atoms with Crippen molar-refractivity contribution >= 4 is 17.7 Å². The van der Waals surface area contributed by atoms with Crippen LogP contribution in [-0.4, -0.2) is 19.6 Å². The summed E-state index contributed by atoms with van der Waals surface area (Å²) < 4.78 is 11.1. The van der Waals surface area contributed by atoms with Crippen LogP contribution < -0.4 is 14.8 Å². The molecule has 0 bridgehead atoms. The second-order valence-corrected chi connectivity index (χ2v) is 7.01. The van der Waals surface area contributed by atoms with Crippen molar-refractivity contribution in [1.29, 1.82) is 5.26 Å². The van der Waals surface area contributed by atoms with Gasteiger partial charge in [-0.1, -0.05) is 37.1 Å². The maximum absolute atomic E-state index is 12.7. The smallest absolute Gasteiger partial charge is 0.266 e. The Kier molecular flexibility index (Phi) is 7.85. The van der Waals surface area contributed by atoms with Crippen molar-refractivity contribution in [3.8, 4) is 17.6 Å². The average Bonchev–Trinajstić information content (AvgIpc) is 2.69. The molecule has 2 rings (SSSR count). The van der Waals surface area contributed by atoms with Gasteiger partial charge < -0.3 is 14.8 Å². The molecule has 152 valence electrons. The highest BCUT2D eigenvalue weighted by Crippen LogP contribution is 2.29. The molecule has 5 nitrogen and oxygen atoms in total. The number of nitrogens with one attached hydrogen (secondary N) is 1. The molecule has 0 spiro atoms. The number of hydrogen-bond donors (Lipinski definition) is 1. The molecular weight excluding hydrogens is 364 g/mol. The normalized spacial score (nSPS) is 11.0. The Morgan fingerprint density at radius 2 is 1.83 bits per heavy atom. The molecule has 0 aliphatic heterocycles. The zero-order valence-electron chi connectivity index (χ0n) is 17.8. The van der Waals surface area contributed by atoms with E-state index in [0.29, 0.717) is 23.7 Å². The van der Waals surface area contributed by atoms with Gasteiger partial charge in [0.25, 0.3) is 5.91 Å². The molecule has 0 unspecified atom stereocenters. The number of benzene rings is 2. The van der Waals surface area contributed by atoms with Crippen LogP contribution in [0.5, 0.6) is 11.5 Å². The largest absolute Gasteiger partial charge is 0.493 e. The van der Waals surface area contributed by atoms with E-state index < -0.39 is 5.91 Å². The fourth-order valence-corrected chi connectivity index (χ4v) is 3.10. The second-order valence-electron chi connectivity index (χ2n) is 7.01. The van der Waals surface area contributed by atoms with Crippen molar-refractivity contribution in [3.05, 3.63) is 58.2 Å². The second kappa shape index (κ2) is 10.3. The molecule has 2 aromatic rings. The number of amides is 1. The summed E-state index contributed by atoms with van der Waals surface area (Å²) in [6.07, 6.45) is 3.52. The van der Waals surface area contributed by atoms with Crippen molar-refractivity contribution in [3.63, 3.8) is 0 Å². The van der Waals surface area contributed by atoms with Crippen LogP contribution >= 0.6 is 0 Å². The third-order valence-electron chi connectivity index (χ3n) is 4.53. The van der Waals surface area contributed by atoms with Crippen LogP contribution in [-0.2, 0) is 4.79 Å². The molecule has 5 heteroatoms. The van der Waals surface area contributed by atoms with E-state index in [2.05, 4.69) is 12.2 Å². The van der Waals surface area contributed by atoms with E-state index in [1.165, 1.54) is 0 Å². The topological polar surface area (TPSA) is 71.3 Å². The van der Waals surface area contributed by atoms with Crippen LogP contribution in [0.15, 0.2) is 35.9 Å². The van der Waals surface area contributed by atoms with Gasteiger partial charge in [0, 0.05) is 5.69 Å². The lowest BCUT2D eigenvalue weighted by atomic mass is 10.0. The lowest BCUT2D eigenvalue weighted by Crippen LogP contribution is -2.15. The van der Waals surface area contributed by atoms with Crippen LogP contribution in [0.25, 0.3) is 6.08 Å². The van der Waals surface area contributed by atoms with Crippen molar-refractivity contribution < 1.29 is 14.3 Å². The van der Waals surface area contributed by atoms with Gasteiger partial charge >= 0.3 is 0 Å². The quantitative estimate of drug-likeness (QED) is 0.374. The molecule has 1 amide bonds. The third-order valence-corrected chi connectivity index (χ3v) is 4.53. The van der Waals surface area contributed by atoms with Gasteiger partial charge in [-0.3, -0.25) is 4.79 Å². The molecule has 0 atom stereocenters. The van der Waals surface area contributed by atoms with Crippen LogP contribution in [0.3, 0.4) is 0 Å². The number of carbonyl (C=O) groups is 1. The number of unbranched alkanes of at least 4 members (excludes halogenated alkanes) is 1. The van der Waals surface area contributed by atoms with Crippen molar-refractivity contribution in [2.75, 3.05) is 19.0 Å². The van der Waals surface area contributed by atoms with Gasteiger partial charge in [0.15, 0.2) is 11.5 Å². The van der Waals surface area contributed by atoms with Gasteiger partial charge in [-0.25, -0.2) is 0 Å². The number of anilines is 1. The van der Waals surface area contributed by atoms with Gasteiger partial charge in [-0.15, -0.1) is 0 Å². The summed E-state index contributed by atoms with van der Waals surface area (Å²) in [6, 6.07) is 11.3. The Labute approximate surface area is 173 Å². The number of hydrogen-bond acceptors (Lipinski definition) is 4. The summed E-state index contributed by atoms with van der Waals surface area (Å²) in [5.41, 5.74) is 4.51. The number of methoxy groups -OCH3 is 1. The number of carbonyl (C=O) groups excluding carboxylic acids is 1. The van der Waals surface area contributed by atoms with Gasteiger partial charge in [0.1, 0.15) is 11.6 Å². The molecule has 0 saturated carbocycles. The summed E-state index contributed by atoms with van der Waals surface area (Å²) in [7, 11) is 1.58. The van der Waals surface area contributed by atoms with E-state index in [0.717, 1.165) is 35.2 Å². The van der Waals surface area contributed by atoms with E-state index in [4.69, 9.17) is 9.47 Å². The van der Waals surface area contributed by atoms with Crippen molar-refractivity contribution in [2.45, 2.75) is 40.5 Å². The number of rotatable bonds is 8. The zero-order chi connectivity index (χ0) is 21.4. The fraction of sp³-hybridized carbons (Fsp3) is 0.333. The molecular formula is C24H28N2O3. The molecule has 0 aromatic heterocycles. The molecule has 29 heavy (non-hydrogen) atoms. The Morgan fingerprint density at radius 1 is 1.14 bits per heavy atom. The summed E-state index contributed by atoms with van der Waals surface area (Å²) in [5, 5.41) is 12.4. The molecule has 0 saturated heterocycles. The monoisotopic (exact) mass is 392 g/mol. The van der Waals surface area contributed by atoms with Crippen LogP contribution in [0, 0.1) is 32.1 Å². The number of nitrogens with zero attached hydrogens (tertiary/aromatic N) is 1. The van der Waals surface area contributed by atoms with Crippen LogP contribution in [0.2, 0.25) is 0 Å². The van der Waals surface area contributed by atoms with Gasteiger partial charge in [-0.05, 0) is 62.1 Å². The summed E-state index contributed by atoms with van der Waals surface area (Å²) in [5.74, 6) is 0.775. The zero-order valence-corrected chi connectivity index (χ0v) is 17.8. The minimum atomic E-state index is -0.438. The number of ether oxygens (including phenoxy) is 2. The van der Waals surface area contributed by atoms with Gasteiger partial charge in [0.05, 0.1) is 13.7 Å². The van der Waals surface area contributed by atoms with E-state index >= 15 is 0 Å². The predicted molar refractivity (Wildman–Crippen MR) is 116 cm³/mol. The van der Waals surface area contributed by atoms with Crippen molar-refractivity contribution in [2.24, 2.45) is 0 Å². The van der Waals surface area contributed by atoms with Crippen LogP contribution in [0.4, 0.5) is 5.69 Å². The number of nitriles is 1. The Hall–Kier alpha value is -3.26. The lowest BCUT2D eigenvalue weighted by Gasteiger charge is -2.13. The first-order chi connectivity index (χ1) is 13.9. The average molecular weight is 392 g/mol. The standard InChI is InChI=1S/C24H28N2O3/c1-6-7-10-29-22-14-19(8-9-21(22)28-5)13-20(15-25)24(27)26-23-17(3)11-16(2)12-18(23)4/h8-9,11-14H,6-7,10H2,1-5H3,(H,26,27)/b20-13+. The predicted octanol–water partition coefficient (Wildman–Crippen LogP) is 5.35. The first-order valence-corrected chi connectivity index (χ1v) is 9.71. The minimum Gasteiger partial charge on any atom is -0.493 e. The van der Waals surface area contributed by atoms with Gasteiger partial charge in [0.2, 0.25) is 0 Å². The Morgan fingerprint density at radius 3 is 2.41 bits per heavy atom. The summed E-state index contributed by atoms with van der Waals surface area (Å²) in [4.78, 5) is 12.7. The molecule has 0 aliphatic carbocycles. The van der Waals surface area contributed by atoms with E-state index in [-0.39, 0.29) is 5.57 Å².